The zero-order valence-electron chi connectivity index (χ0n) is 13.7. The molecule has 0 saturated heterocycles. The minimum Gasteiger partial charge on any atom is -0.493 e. The average Bonchev–Trinajstić information content (AvgIpc) is 3.38. The van der Waals surface area contributed by atoms with E-state index in [-0.39, 0.29) is 12.1 Å². The number of nitrogens with zero attached hydrogens (tertiary/aromatic N) is 2. The number of esters is 1. The van der Waals surface area contributed by atoms with E-state index >= 15 is 0 Å². The van der Waals surface area contributed by atoms with E-state index in [1.165, 1.54) is 20.0 Å². The number of methoxy groups -OCH3 is 2. The first kappa shape index (κ1) is 15.0. The topological polar surface area (TPSA) is 63.2 Å². The molecule has 1 aromatic rings. The summed E-state index contributed by atoms with van der Waals surface area (Å²) in [6.45, 7) is 0. The van der Waals surface area contributed by atoms with Gasteiger partial charge >= 0.3 is 5.97 Å². The summed E-state index contributed by atoms with van der Waals surface area (Å²) in [6, 6.07) is 7.39. The van der Waals surface area contributed by atoms with Crippen LogP contribution >= 0.6 is 0 Å². The molecule has 1 saturated carbocycles. The van der Waals surface area contributed by atoms with Crippen molar-refractivity contribution in [1.29, 1.82) is 0 Å². The molecular weight excluding hydrogens is 306 g/mol. The molecule has 6 heteroatoms. The Morgan fingerprint density at radius 3 is 2.83 bits per heavy atom. The average molecular weight is 325 g/mol. The molecule has 0 aromatic heterocycles. The van der Waals surface area contributed by atoms with Crippen LogP contribution in [0.25, 0.3) is 5.70 Å². The number of nitrogens with one attached hydrogen (secondary N) is 1. The Bertz CT molecular complexity index is 777. The zero-order valence-corrected chi connectivity index (χ0v) is 13.7. The van der Waals surface area contributed by atoms with E-state index in [1.807, 2.05) is 35.4 Å². The standard InChI is InChI=1S/C18H19N3O3/c1-23-15-9-8-14(12-4-3-5-13(10-12)18(22)24-2)21-17(15)19-16(20-21)11-6-7-11/h3-5,8-11,16,20H,6-7H2,1-2H3. The van der Waals surface area contributed by atoms with Gasteiger partial charge in [-0.15, -0.1) is 0 Å². The van der Waals surface area contributed by atoms with Gasteiger partial charge in [0.25, 0.3) is 0 Å². The molecule has 1 aliphatic carbocycles. The molecular formula is C18H19N3O3. The molecule has 1 fully saturated rings. The lowest BCUT2D eigenvalue weighted by Crippen LogP contribution is -2.41. The van der Waals surface area contributed by atoms with Gasteiger partial charge in [-0.25, -0.2) is 15.2 Å². The highest BCUT2D eigenvalue weighted by Gasteiger charge is 2.40. The molecule has 1 unspecified atom stereocenters. The van der Waals surface area contributed by atoms with Gasteiger partial charge in [-0.05, 0) is 43.0 Å². The molecule has 1 aromatic carbocycles. The molecule has 124 valence electrons. The summed E-state index contributed by atoms with van der Waals surface area (Å²) in [4.78, 5) is 16.6. The molecule has 0 amide bonds. The predicted molar refractivity (Wildman–Crippen MR) is 89.8 cm³/mol. The number of carbonyl (C=O) groups is 1. The van der Waals surface area contributed by atoms with Crippen molar-refractivity contribution in [2.24, 2.45) is 10.9 Å². The number of hydrogen-bond acceptors (Lipinski definition) is 6. The Labute approximate surface area is 140 Å². The molecule has 0 spiro atoms. The number of hydrogen-bond donors (Lipinski definition) is 1. The molecule has 0 bridgehead atoms. The second-order valence-corrected chi connectivity index (χ2v) is 6.06. The fourth-order valence-corrected chi connectivity index (χ4v) is 3.00. The number of carbonyl (C=O) groups excluding carboxylic acids is 1. The number of benzene rings is 1. The van der Waals surface area contributed by atoms with E-state index in [2.05, 4.69) is 5.43 Å². The van der Waals surface area contributed by atoms with Gasteiger partial charge in [0, 0.05) is 5.56 Å². The van der Waals surface area contributed by atoms with E-state index in [4.69, 9.17) is 14.5 Å². The predicted octanol–water partition coefficient (Wildman–Crippen LogP) is 2.31. The second-order valence-electron chi connectivity index (χ2n) is 6.06. The molecule has 3 aliphatic rings. The molecule has 1 N–H and O–H groups in total. The number of aliphatic imine (C=N–C) groups is 1. The van der Waals surface area contributed by atoms with Crippen LogP contribution in [0.15, 0.2) is 47.2 Å². The SMILES string of the molecule is COC(=O)c1cccc(C2=CC=C(OC)C3=NC(C4CC4)NN23)c1. The van der Waals surface area contributed by atoms with E-state index in [0.29, 0.717) is 11.5 Å². The normalized spacial score (nSPS) is 22.3. The first-order valence-corrected chi connectivity index (χ1v) is 8.00. The van der Waals surface area contributed by atoms with Crippen molar-refractivity contribution in [3.8, 4) is 0 Å². The summed E-state index contributed by atoms with van der Waals surface area (Å²) in [5.74, 6) is 1.76. The summed E-state index contributed by atoms with van der Waals surface area (Å²) in [5, 5.41) is 1.96. The van der Waals surface area contributed by atoms with Gasteiger partial charge in [0.1, 0.15) is 6.17 Å². The summed E-state index contributed by atoms with van der Waals surface area (Å²) >= 11 is 0. The minimum atomic E-state index is -0.347. The molecule has 24 heavy (non-hydrogen) atoms. The Kier molecular flexibility index (Phi) is 3.61. The number of amidine groups is 1. The quantitative estimate of drug-likeness (QED) is 0.861. The lowest BCUT2D eigenvalue weighted by Gasteiger charge is -2.28. The van der Waals surface area contributed by atoms with Crippen LogP contribution in [0.4, 0.5) is 0 Å². The van der Waals surface area contributed by atoms with Gasteiger partial charge in [-0.1, -0.05) is 12.1 Å². The molecule has 2 aliphatic heterocycles. The van der Waals surface area contributed by atoms with Crippen LogP contribution in [0, 0.1) is 5.92 Å². The van der Waals surface area contributed by atoms with Crippen molar-refractivity contribution in [2.75, 3.05) is 14.2 Å². The number of hydrazine groups is 1. The van der Waals surface area contributed by atoms with Crippen molar-refractivity contribution in [3.63, 3.8) is 0 Å². The van der Waals surface area contributed by atoms with E-state index < -0.39 is 0 Å². The third kappa shape index (κ3) is 2.49. The fourth-order valence-electron chi connectivity index (χ4n) is 3.00. The molecule has 6 nitrogen and oxygen atoms in total. The van der Waals surface area contributed by atoms with Crippen molar-refractivity contribution < 1.29 is 14.3 Å². The summed E-state index contributed by atoms with van der Waals surface area (Å²) in [6.07, 6.45) is 6.36. The van der Waals surface area contributed by atoms with Gasteiger partial charge in [0.2, 0.25) is 0 Å². The monoisotopic (exact) mass is 325 g/mol. The van der Waals surface area contributed by atoms with Gasteiger partial charge < -0.3 is 9.47 Å². The van der Waals surface area contributed by atoms with Crippen molar-refractivity contribution in [1.82, 2.24) is 10.4 Å². The summed E-state index contributed by atoms with van der Waals surface area (Å²) < 4.78 is 10.3. The first-order valence-electron chi connectivity index (χ1n) is 8.00. The highest BCUT2D eigenvalue weighted by Crippen LogP contribution is 2.38. The molecule has 1 atom stereocenters. The number of fused-ring (bicyclic) bond motifs is 1. The van der Waals surface area contributed by atoms with Crippen molar-refractivity contribution in [2.45, 2.75) is 19.0 Å². The lowest BCUT2D eigenvalue weighted by molar-refractivity contribution is 0.0600. The van der Waals surface area contributed by atoms with Crippen LogP contribution < -0.4 is 5.43 Å². The van der Waals surface area contributed by atoms with Crippen LogP contribution in [-0.2, 0) is 9.47 Å². The van der Waals surface area contributed by atoms with E-state index in [9.17, 15) is 4.79 Å². The zero-order chi connectivity index (χ0) is 16.7. The molecule has 0 radical (unpaired) electrons. The van der Waals surface area contributed by atoms with Gasteiger partial charge in [0.05, 0.1) is 25.5 Å². The third-order valence-corrected chi connectivity index (χ3v) is 4.46. The van der Waals surface area contributed by atoms with Crippen molar-refractivity contribution in [3.05, 3.63) is 53.3 Å². The Morgan fingerprint density at radius 1 is 1.29 bits per heavy atom. The smallest absolute Gasteiger partial charge is 0.337 e. The molecule has 4 rings (SSSR count). The van der Waals surface area contributed by atoms with Crippen LogP contribution in [0.3, 0.4) is 0 Å². The number of ether oxygens (including phenoxy) is 2. The summed E-state index contributed by atoms with van der Waals surface area (Å²) in [5.41, 5.74) is 5.83. The Balaban J connectivity index is 1.70. The maximum Gasteiger partial charge on any atom is 0.337 e. The van der Waals surface area contributed by atoms with Crippen LogP contribution in [0.2, 0.25) is 0 Å². The fraction of sp³-hybridized carbons (Fsp3) is 0.333. The largest absolute Gasteiger partial charge is 0.493 e. The van der Waals surface area contributed by atoms with Crippen molar-refractivity contribution >= 4 is 17.5 Å². The van der Waals surface area contributed by atoms with E-state index in [1.54, 1.807) is 13.2 Å². The Hall–Kier alpha value is -2.60. The van der Waals surface area contributed by atoms with Crippen LogP contribution in [0.1, 0.15) is 28.8 Å². The van der Waals surface area contributed by atoms with Gasteiger partial charge in [-0.3, -0.25) is 5.01 Å². The van der Waals surface area contributed by atoms with Gasteiger partial charge in [-0.2, -0.15) is 0 Å². The maximum absolute atomic E-state index is 11.8. The first-order chi connectivity index (χ1) is 11.7. The molecule has 2 heterocycles. The third-order valence-electron chi connectivity index (χ3n) is 4.46. The minimum absolute atomic E-state index is 0.0869. The maximum atomic E-state index is 11.8. The Morgan fingerprint density at radius 2 is 2.12 bits per heavy atom. The number of rotatable bonds is 4. The van der Waals surface area contributed by atoms with E-state index in [0.717, 1.165) is 22.9 Å². The lowest BCUT2D eigenvalue weighted by atomic mass is 10.1. The van der Waals surface area contributed by atoms with Crippen LogP contribution in [0.5, 0.6) is 0 Å². The number of allylic oxidation sites excluding steroid dienone is 2. The van der Waals surface area contributed by atoms with Gasteiger partial charge in [0.15, 0.2) is 11.6 Å². The second kappa shape index (κ2) is 5.79. The highest BCUT2D eigenvalue weighted by atomic mass is 16.5. The summed E-state index contributed by atoms with van der Waals surface area (Å²) in [7, 11) is 3.03. The highest BCUT2D eigenvalue weighted by molar-refractivity contribution is 6.05. The van der Waals surface area contributed by atoms with Crippen LogP contribution in [-0.4, -0.2) is 37.2 Å².